The van der Waals surface area contributed by atoms with E-state index in [1.165, 1.54) is 7.11 Å². The molecule has 0 bridgehead atoms. The number of thioether (sulfide) groups is 1. The van der Waals surface area contributed by atoms with Crippen molar-refractivity contribution in [2.45, 2.75) is 18.0 Å². The van der Waals surface area contributed by atoms with Crippen molar-refractivity contribution in [1.29, 1.82) is 0 Å². The van der Waals surface area contributed by atoms with Crippen LogP contribution in [0.15, 0.2) is 30.3 Å². The predicted molar refractivity (Wildman–Crippen MR) is 63.4 cm³/mol. The summed E-state index contributed by atoms with van der Waals surface area (Å²) < 4.78 is 9.47. The van der Waals surface area contributed by atoms with E-state index in [0.717, 1.165) is 17.3 Å². The summed E-state index contributed by atoms with van der Waals surface area (Å²) in [6, 6.07) is 9.67. The third-order valence-electron chi connectivity index (χ3n) is 2.38. The van der Waals surface area contributed by atoms with Gasteiger partial charge in [-0.25, -0.2) is 4.79 Å². The van der Waals surface area contributed by atoms with Crippen molar-refractivity contribution in [3.8, 4) is 0 Å². The van der Waals surface area contributed by atoms with Gasteiger partial charge in [0, 0.05) is 5.75 Å². The molecule has 2 rings (SSSR count). The minimum Gasteiger partial charge on any atom is -0.467 e. The number of rotatable bonds is 4. The molecule has 17 heavy (non-hydrogen) atoms. The summed E-state index contributed by atoms with van der Waals surface area (Å²) in [5, 5.41) is -0.121. The molecule has 0 N–H and O–H groups in total. The zero-order chi connectivity index (χ0) is 12.3. The monoisotopic (exact) mass is 252 g/mol. The third kappa shape index (κ3) is 3.08. The van der Waals surface area contributed by atoms with E-state index in [1.807, 2.05) is 30.3 Å². The highest BCUT2D eigenvalue weighted by Crippen LogP contribution is 2.29. The van der Waals surface area contributed by atoms with Crippen LogP contribution in [0.1, 0.15) is 5.56 Å². The zero-order valence-corrected chi connectivity index (χ0v) is 10.1. The molecule has 0 saturated carbocycles. The minimum atomic E-state index is -0.698. The van der Waals surface area contributed by atoms with Crippen molar-refractivity contribution in [1.82, 2.24) is 0 Å². The summed E-state index contributed by atoms with van der Waals surface area (Å²) in [6.07, 6.45) is -1.33. The van der Waals surface area contributed by atoms with Crippen LogP contribution in [0, 0.1) is 0 Å². The van der Waals surface area contributed by atoms with Gasteiger partial charge in [-0.05, 0) is 5.56 Å². The largest absolute Gasteiger partial charge is 0.467 e. The molecule has 1 fully saturated rings. The van der Waals surface area contributed by atoms with Crippen LogP contribution < -0.4 is 0 Å². The highest BCUT2D eigenvalue weighted by atomic mass is 32.2. The lowest BCUT2D eigenvalue weighted by Gasteiger charge is -1.98. The van der Waals surface area contributed by atoms with Crippen LogP contribution in [0.4, 0.5) is 0 Å². The van der Waals surface area contributed by atoms with Gasteiger partial charge in [0.2, 0.25) is 5.12 Å². The first-order valence-electron chi connectivity index (χ1n) is 5.16. The number of esters is 1. The molecule has 0 aromatic heterocycles. The van der Waals surface area contributed by atoms with E-state index >= 15 is 0 Å². The molecule has 90 valence electrons. The van der Waals surface area contributed by atoms with Crippen LogP contribution in [0.25, 0.3) is 0 Å². The van der Waals surface area contributed by atoms with Crippen molar-refractivity contribution in [2.75, 3.05) is 7.11 Å². The predicted octanol–water partition coefficient (Wildman–Crippen LogP) is 1.39. The van der Waals surface area contributed by atoms with Crippen LogP contribution in [0.5, 0.6) is 0 Å². The number of benzene rings is 1. The summed E-state index contributed by atoms with van der Waals surface area (Å²) in [4.78, 5) is 22.7. The Balaban J connectivity index is 1.78. The Hall–Kier alpha value is -1.33. The second-order valence-corrected chi connectivity index (χ2v) is 4.57. The summed E-state index contributed by atoms with van der Waals surface area (Å²) in [5.74, 6) is 0.108. The first-order valence-corrected chi connectivity index (χ1v) is 6.15. The fourth-order valence-electron chi connectivity index (χ4n) is 1.40. The summed E-state index contributed by atoms with van der Waals surface area (Å²) in [7, 11) is 1.28. The molecular weight excluding hydrogens is 240 g/mol. The van der Waals surface area contributed by atoms with Crippen molar-refractivity contribution in [3.63, 3.8) is 0 Å². The maximum atomic E-state index is 11.6. The van der Waals surface area contributed by atoms with Gasteiger partial charge in [0.05, 0.1) is 7.11 Å². The van der Waals surface area contributed by atoms with Crippen molar-refractivity contribution < 1.29 is 19.1 Å². The number of carbonyl (C=O) groups excluding carboxylic acids is 2. The van der Waals surface area contributed by atoms with Gasteiger partial charge in [0.25, 0.3) is 0 Å². The van der Waals surface area contributed by atoms with E-state index in [2.05, 4.69) is 4.74 Å². The molecule has 1 aromatic carbocycles. The molecule has 1 saturated heterocycles. The van der Waals surface area contributed by atoms with Gasteiger partial charge < -0.3 is 9.47 Å². The number of ether oxygens (including phenoxy) is 2. The molecule has 1 heterocycles. The van der Waals surface area contributed by atoms with Gasteiger partial charge in [-0.1, -0.05) is 42.1 Å². The van der Waals surface area contributed by atoms with E-state index in [4.69, 9.17) is 4.74 Å². The molecular formula is C12H12O4S. The molecule has 1 aliphatic heterocycles. The first kappa shape index (κ1) is 12.1. The molecule has 2 unspecified atom stereocenters. The lowest BCUT2D eigenvalue weighted by Crippen LogP contribution is -2.15. The normalized spacial score (nSPS) is 21.9. The second kappa shape index (κ2) is 5.33. The van der Waals surface area contributed by atoms with Crippen LogP contribution in [0.2, 0.25) is 0 Å². The molecule has 0 radical (unpaired) electrons. The Morgan fingerprint density at radius 3 is 2.65 bits per heavy atom. The number of epoxide rings is 1. The van der Waals surface area contributed by atoms with E-state index in [-0.39, 0.29) is 5.12 Å². The fraction of sp³-hybridized carbons (Fsp3) is 0.333. The molecule has 1 aliphatic rings. The summed E-state index contributed by atoms with van der Waals surface area (Å²) >= 11 is 1.16. The SMILES string of the molecule is COC(=O)C1OC1C(=O)SCc1ccccc1. The lowest BCUT2D eigenvalue weighted by atomic mass is 10.2. The van der Waals surface area contributed by atoms with Crippen molar-refractivity contribution in [3.05, 3.63) is 35.9 Å². The molecule has 1 aromatic rings. The van der Waals surface area contributed by atoms with Gasteiger partial charge in [-0.2, -0.15) is 0 Å². The Morgan fingerprint density at radius 1 is 1.29 bits per heavy atom. The van der Waals surface area contributed by atoms with Crippen LogP contribution in [-0.2, 0) is 24.8 Å². The smallest absolute Gasteiger partial charge is 0.338 e. The Bertz CT molecular complexity index is 418. The number of hydrogen-bond donors (Lipinski definition) is 0. The number of methoxy groups -OCH3 is 1. The second-order valence-electron chi connectivity index (χ2n) is 3.59. The average molecular weight is 252 g/mol. The Kier molecular flexibility index (Phi) is 3.81. The van der Waals surface area contributed by atoms with Crippen LogP contribution >= 0.6 is 11.8 Å². The van der Waals surface area contributed by atoms with Gasteiger partial charge in [-0.15, -0.1) is 0 Å². The van der Waals surface area contributed by atoms with E-state index in [9.17, 15) is 9.59 Å². The Labute approximate surface area is 103 Å². The van der Waals surface area contributed by atoms with Gasteiger partial charge in [0.1, 0.15) is 0 Å². The van der Waals surface area contributed by atoms with E-state index < -0.39 is 18.2 Å². The highest BCUT2D eigenvalue weighted by molar-refractivity contribution is 8.13. The maximum absolute atomic E-state index is 11.6. The fourth-order valence-corrected chi connectivity index (χ4v) is 2.24. The lowest BCUT2D eigenvalue weighted by molar-refractivity contribution is -0.142. The molecule has 5 heteroatoms. The maximum Gasteiger partial charge on any atom is 0.338 e. The topological polar surface area (TPSA) is 55.9 Å². The minimum absolute atomic E-state index is 0.121. The summed E-state index contributed by atoms with van der Waals surface area (Å²) in [5.41, 5.74) is 1.07. The zero-order valence-electron chi connectivity index (χ0n) is 9.29. The van der Waals surface area contributed by atoms with Crippen LogP contribution in [0.3, 0.4) is 0 Å². The van der Waals surface area contributed by atoms with Gasteiger partial charge in [0.15, 0.2) is 12.2 Å². The number of carbonyl (C=O) groups is 2. The Morgan fingerprint density at radius 2 is 2.00 bits per heavy atom. The molecule has 4 nitrogen and oxygen atoms in total. The highest BCUT2D eigenvalue weighted by Gasteiger charge is 2.51. The van der Waals surface area contributed by atoms with Crippen molar-refractivity contribution in [2.24, 2.45) is 0 Å². The van der Waals surface area contributed by atoms with Crippen LogP contribution in [-0.4, -0.2) is 30.4 Å². The van der Waals surface area contributed by atoms with Gasteiger partial charge >= 0.3 is 5.97 Å². The molecule has 0 amide bonds. The third-order valence-corrected chi connectivity index (χ3v) is 3.38. The van der Waals surface area contributed by atoms with Gasteiger partial charge in [-0.3, -0.25) is 4.79 Å². The van der Waals surface area contributed by atoms with E-state index in [0.29, 0.717) is 5.75 Å². The van der Waals surface area contributed by atoms with E-state index in [1.54, 1.807) is 0 Å². The molecule has 0 spiro atoms. The first-order chi connectivity index (χ1) is 8.22. The number of hydrogen-bond acceptors (Lipinski definition) is 5. The quantitative estimate of drug-likeness (QED) is 0.598. The van der Waals surface area contributed by atoms with Crippen molar-refractivity contribution >= 4 is 22.8 Å². The average Bonchev–Trinajstić information content (AvgIpc) is 3.16. The molecule has 2 atom stereocenters. The standard InChI is InChI=1S/C12H12O4S/c1-15-11(13)9-10(16-9)12(14)17-7-8-5-3-2-4-6-8/h2-6,9-10H,7H2,1H3. The summed E-state index contributed by atoms with van der Waals surface area (Å²) in [6.45, 7) is 0. The molecule has 0 aliphatic carbocycles.